The van der Waals surface area contributed by atoms with E-state index in [4.69, 9.17) is 18.0 Å². The molecule has 0 atom stereocenters. The van der Waals surface area contributed by atoms with Crippen molar-refractivity contribution in [2.75, 3.05) is 19.8 Å². The van der Waals surface area contributed by atoms with Crippen LogP contribution in [0.15, 0.2) is 0 Å². The average Bonchev–Trinajstić information content (AvgIpc) is 1.91. The molecule has 2 heteroatoms. The third kappa shape index (κ3) is 27.8. The minimum Gasteiger partial charge on any atom is -0.397 e. The molecule has 0 heterocycles. The molecule has 0 amide bonds. The van der Waals surface area contributed by atoms with Crippen LogP contribution in [0, 0.1) is 24.7 Å². The fourth-order valence-electron chi connectivity index (χ4n) is 0.169. The van der Waals surface area contributed by atoms with Crippen LogP contribution >= 0.6 is 0 Å². The summed E-state index contributed by atoms with van der Waals surface area (Å²) < 4.78 is 4.66. The van der Waals surface area contributed by atoms with Crippen molar-refractivity contribution in [2.24, 2.45) is 0 Å². The molecule has 0 rings (SSSR count). The fraction of sp³-hybridized carbons (Fsp3) is 0.500. The highest BCUT2D eigenvalue weighted by molar-refractivity contribution is 4.87. The van der Waals surface area contributed by atoms with Crippen molar-refractivity contribution in [3.05, 3.63) is 0 Å². The van der Waals surface area contributed by atoms with Gasteiger partial charge < -0.3 is 9.84 Å². The van der Waals surface area contributed by atoms with E-state index in [2.05, 4.69) is 16.6 Å². The van der Waals surface area contributed by atoms with Gasteiger partial charge in [-0.1, -0.05) is 11.8 Å². The monoisotopic (exact) mass is 140 g/mol. The van der Waals surface area contributed by atoms with Gasteiger partial charge in [0.2, 0.25) is 0 Å². The van der Waals surface area contributed by atoms with Gasteiger partial charge in [-0.3, -0.25) is 0 Å². The average molecular weight is 140 g/mol. The van der Waals surface area contributed by atoms with Crippen LogP contribution < -0.4 is 0 Å². The molecule has 0 saturated heterocycles. The van der Waals surface area contributed by atoms with Crippen LogP contribution in [0.4, 0.5) is 0 Å². The number of aliphatic hydroxyl groups excluding tert-OH is 1. The first-order valence-corrected chi connectivity index (χ1v) is 2.89. The van der Waals surface area contributed by atoms with Gasteiger partial charge in [0.25, 0.3) is 0 Å². The van der Waals surface area contributed by atoms with E-state index < -0.39 is 0 Å². The Hall–Kier alpha value is -0.960. The second kappa shape index (κ2) is 15.7. The quantitative estimate of drug-likeness (QED) is 0.440. The Kier molecular flexibility index (Phi) is 18.5. The highest BCUT2D eigenvalue weighted by Gasteiger charge is 1.71. The zero-order chi connectivity index (χ0) is 8.24. The summed E-state index contributed by atoms with van der Waals surface area (Å²) >= 11 is 0. The lowest BCUT2D eigenvalue weighted by atomic mass is 10.7. The first kappa shape index (κ1) is 11.8. The summed E-state index contributed by atoms with van der Waals surface area (Å²) in [7, 11) is 0. The minimum atomic E-state index is 0.250. The number of terminal acetylenes is 2. The normalized spacial score (nSPS) is 6.40. The molecule has 0 unspecified atom stereocenters. The van der Waals surface area contributed by atoms with Crippen molar-refractivity contribution < 1.29 is 9.84 Å². The van der Waals surface area contributed by atoms with Crippen molar-refractivity contribution in [2.45, 2.75) is 6.92 Å². The summed E-state index contributed by atoms with van der Waals surface area (Å²) in [6.07, 6.45) is 9.65. The van der Waals surface area contributed by atoms with E-state index in [1.54, 1.807) is 6.92 Å². The van der Waals surface area contributed by atoms with Gasteiger partial charge in [-0.2, -0.15) is 0 Å². The van der Waals surface area contributed by atoms with Crippen LogP contribution in [-0.4, -0.2) is 24.9 Å². The molecule has 0 saturated carbocycles. The Bertz CT molecular complexity index is 102. The summed E-state index contributed by atoms with van der Waals surface area (Å²) in [6.45, 7) is 2.55. The standard InChI is InChI=1S/C6H6O.C2H6O/c1-3-5-7-6-4-2;1-2-3/h1-2H,5-6H2;3H,2H2,1H3. The Labute approximate surface area is 62.2 Å². The van der Waals surface area contributed by atoms with Gasteiger partial charge in [-0.15, -0.1) is 12.8 Å². The van der Waals surface area contributed by atoms with E-state index in [1.165, 1.54) is 0 Å². The maximum atomic E-state index is 7.57. The molecule has 0 aromatic rings. The zero-order valence-corrected chi connectivity index (χ0v) is 6.13. The van der Waals surface area contributed by atoms with Gasteiger partial charge in [-0.05, 0) is 6.92 Å². The zero-order valence-electron chi connectivity index (χ0n) is 6.13. The number of aliphatic hydroxyl groups is 1. The second-order valence-corrected chi connectivity index (χ2v) is 1.22. The van der Waals surface area contributed by atoms with Gasteiger partial charge in [-0.25, -0.2) is 0 Å². The van der Waals surface area contributed by atoms with Gasteiger partial charge in [0.05, 0.1) is 0 Å². The Morgan fingerprint density at radius 2 is 1.60 bits per heavy atom. The maximum absolute atomic E-state index is 7.57. The SMILES string of the molecule is C#CCOCC#C.CCO. The molecule has 10 heavy (non-hydrogen) atoms. The first-order valence-electron chi connectivity index (χ1n) is 2.89. The van der Waals surface area contributed by atoms with E-state index in [0.29, 0.717) is 13.2 Å². The summed E-state index contributed by atoms with van der Waals surface area (Å²) in [5.74, 6) is 4.57. The third-order valence-electron chi connectivity index (χ3n) is 0.371. The Morgan fingerprint density at radius 3 is 1.80 bits per heavy atom. The van der Waals surface area contributed by atoms with Crippen molar-refractivity contribution in [3.8, 4) is 24.7 Å². The summed E-state index contributed by atoms with van der Waals surface area (Å²) in [5.41, 5.74) is 0. The van der Waals surface area contributed by atoms with Gasteiger partial charge >= 0.3 is 0 Å². The largest absolute Gasteiger partial charge is 0.397 e. The van der Waals surface area contributed by atoms with E-state index in [1.807, 2.05) is 0 Å². The Morgan fingerprint density at radius 1 is 1.30 bits per heavy atom. The summed E-state index contributed by atoms with van der Waals surface area (Å²) in [6, 6.07) is 0. The van der Waals surface area contributed by atoms with Crippen molar-refractivity contribution in [1.29, 1.82) is 0 Å². The molecule has 0 spiro atoms. The van der Waals surface area contributed by atoms with Gasteiger partial charge in [0.15, 0.2) is 0 Å². The molecular weight excluding hydrogens is 128 g/mol. The topological polar surface area (TPSA) is 29.5 Å². The number of rotatable bonds is 2. The van der Waals surface area contributed by atoms with E-state index in [-0.39, 0.29) is 6.61 Å². The maximum Gasteiger partial charge on any atom is 0.108 e. The lowest BCUT2D eigenvalue weighted by Gasteiger charge is -1.86. The lowest BCUT2D eigenvalue weighted by molar-refractivity contribution is 0.205. The van der Waals surface area contributed by atoms with Gasteiger partial charge in [0, 0.05) is 6.61 Å². The predicted molar refractivity (Wildman–Crippen MR) is 41.2 cm³/mol. The second-order valence-electron chi connectivity index (χ2n) is 1.22. The molecule has 0 aliphatic heterocycles. The van der Waals surface area contributed by atoms with Gasteiger partial charge in [0.1, 0.15) is 13.2 Å². The summed E-state index contributed by atoms with van der Waals surface area (Å²) in [4.78, 5) is 0. The van der Waals surface area contributed by atoms with Crippen molar-refractivity contribution >= 4 is 0 Å². The van der Waals surface area contributed by atoms with Crippen molar-refractivity contribution in [1.82, 2.24) is 0 Å². The molecule has 0 aromatic carbocycles. The molecule has 0 aliphatic rings. The highest BCUT2D eigenvalue weighted by atomic mass is 16.5. The van der Waals surface area contributed by atoms with Crippen molar-refractivity contribution in [3.63, 3.8) is 0 Å². The van der Waals surface area contributed by atoms with E-state index in [0.717, 1.165) is 0 Å². The molecule has 0 aromatic heterocycles. The first-order chi connectivity index (χ1) is 4.83. The molecule has 0 radical (unpaired) electrons. The molecular formula is C8H12O2. The smallest absolute Gasteiger partial charge is 0.108 e. The molecule has 1 N–H and O–H groups in total. The Balaban J connectivity index is 0. The number of ether oxygens (including phenoxy) is 1. The summed E-state index contributed by atoms with van der Waals surface area (Å²) in [5, 5.41) is 7.57. The molecule has 56 valence electrons. The van der Waals surface area contributed by atoms with Crippen LogP contribution in [0.1, 0.15) is 6.92 Å². The third-order valence-corrected chi connectivity index (χ3v) is 0.371. The van der Waals surface area contributed by atoms with Crippen LogP contribution in [0.5, 0.6) is 0 Å². The minimum absolute atomic E-state index is 0.250. The van der Waals surface area contributed by atoms with Crippen LogP contribution in [0.2, 0.25) is 0 Å². The predicted octanol–water partition coefficient (Wildman–Crippen LogP) is 0.268. The molecule has 0 fully saturated rings. The fourth-order valence-corrected chi connectivity index (χ4v) is 0.169. The highest BCUT2D eigenvalue weighted by Crippen LogP contribution is 1.65. The van der Waals surface area contributed by atoms with Crippen LogP contribution in [0.3, 0.4) is 0 Å². The number of hydrogen-bond acceptors (Lipinski definition) is 2. The lowest BCUT2D eigenvalue weighted by Crippen LogP contribution is -1.89. The van der Waals surface area contributed by atoms with Crippen LogP contribution in [0.25, 0.3) is 0 Å². The molecule has 0 bridgehead atoms. The molecule has 0 aliphatic carbocycles. The van der Waals surface area contributed by atoms with E-state index >= 15 is 0 Å². The number of hydrogen-bond donors (Lipinski definition) is 1. The molecule has 2 nitrogen and oxygen atoms in total. The van der Waals surface area contributed by atoms with Crippen LogP contribution in [-0.2, 0) is 4.74 Å². The van der Waals surface area contributed by atoms with E-state index in [9.17, 15) is 0 Å².